The molecule has 0 unspecified atom stereocenters. The highest BCUT2D eigenvalue weighted by Crippen LogP contribution is 2.35. The molecule has 0 saturated heterocycles. The minimum atomic E-state index is -4.37. The van der Waals surface area contributed by atoms with Gasteiger partial charge in [-0.05, 0) is 24.6 Å². The third kappa shape index (κ3) is 3.32. The Labute approximate surface area is 92.6 Å². The monoisotopic (exact) mass is 232 g/mol. The number of nitrogens with one attached hydrogen (secondary N) is 1. The second-order valence-electron chi connectivity index (χ2n) is 3.58. The number of benzene rings is 1. The lowest BCUT2D eigenvalue weighted by atomic mass is 10.1. The lowest BCUT2D eigenvalue weighted by Gasteiger charge is -2.14. The topological polar surface area (TPSA) is 38.0 Å². The lowest BCUT2D eigenvalue weighted by Crippen LogP contribution is -2.12. The molecule has 1 aromatic rings. The van der Waals surface area contributed by atoms with Crippen LogP contribution in [0.15, 0.2) is 18.2 Å². The highest BCUT2D eigenvalue weighted by molar-refractivity contribution is 5.59. The smallest absolute Gasteiger partial charge is 0.399 e. The Morgan fingerprint density at radius 3 is 2.56 bits per heavy atom. The average Bonchev–Trinajstić information content (AvgIpc) is 2.19. The van der Waals surface area contributed by atoms with E-state index in [1.165, 1.54) is 12.1 Å². The number of nitrogens with two attached hydrogens (primary N) is 1. The van der Waals surface area contributed by atoms with E-state index in [1.54, 1.807) is 0 Å². The van der Waals surface area contributed by atoms with Crippen molar-refractivity contribution in [2.45, 2.75) is 25.9 Å². The molecule has 5 heteroatoms. The fourth-order valence-corrected chi connectivity index (χ4v) is 1.35. The van der Waals surface area contributed by atoms with E-state index in [-0.39, 0.29) is 11.4 Å². The summed E-state index contributed by atoms with van der Waals surface area (Å²) in [6.07, 6.45) is -2.60. The van der Waals surface area contributed by atoms with Crippen molar-refractivity contribution in [1.29, 1.82) is 0 Å². The first-order chi connectivity index (χ1) is 7.45. The third-order valence-corrected chi connectivity index (χ3v) is 2.19. The van der Waals surface area contributed by atoms with Crippen molar-refractivity contribution in [3.8, 4) is 0 Å². The number of unbranched alkanes of at least 4 members (excludes halogenated alkanes) is 1. The Bertz CT molecular complexity index is 348. The van der Waals surface area contributed by atoms with Crippen LogP contribution in [-0.4, -0.2) is 6.54 Å². The molecule has 0 aromatic heterocycles. The van der Waals surface area contributed by atoms with Crippen LogP contribution in [0, 0.1) is 0 Å². The standard InChI is InChI=1S/C11H15F3N2/c1-2-3-6-16-10-5-4-8(15)7-9(10)11(12,13)14/h4-5,7,16H,2-3,6,15H2,1H3. The number of hydrogen-bond donors (Lipinski definition) is 2. The maximum absolute atomic E-state index is 12.6. The van der Waals surface area contributed by atoms with E-state index in [9.17, 15) is 13.2 Å². The summed E-state index contributed by atoms with van der Waals surface area (Å²) >= 11 is 0. The Morgan fingerprint density at radius 1 is 1.31 bits per heavy atom. The van der Waals surface area contributed by atoms with Crippen molar-refractivity contribution in [3.63, 3.8) is 0 Å². The van der Waals surface area contributed by atoms with Crippen LogP contribution in [0.3, 0.4) is 0 Å². The first-order valence-corrected chi connectivity index (χ1v) is 5.15. The summed E-state index contributed by atoms with van der Waals surface area (Å²) in [5.41, 5.74) is 4.86. The SMILES string of the molecule is CCCCNc1ccc(N)cc1C(F)(F)F. The molecule has 1 rings (SSSR count). The summed E-state index contributed by atoms with van der Waals surface area (Å²) in [6, 6.07) is 3.78. The van der Waals surface area contributed by atoms with E-state index >= 15 is 0 Å². The van der Waals surface area contributed by atoms with Gasteiger partial charge >= 0.3 is 6.18 Å². The quantitative estimate of drug-likeness (QED) is 0.616. The van der Waals surface area contributed by atoms with Gasteiger partial charge < -0.3 is 11.1 Å². The average molecular weight is 232 g/mol. The van der Waals surface area contributed by atoms with Gasteiger partial charge in [0.2, 0.25) is 0 Å². The maximum atomic E-state index is 12.6. The second kappa shape index (κ2) is 5.09. The Balaban J connectivity index is 2.90. The zero-order chi connectivity index (χ0) is 12.2. The molecule has 0 saturated carbocycles. The molecule has 3 N–H and O–H groups in total. The summed E-state index contributed by atoms with van der Waals surface area (Å²) in [5.74, 6) is 0. The number of alkyl halides is 3. The zero-order valence-corrected chi connectivity index (χ0v) is 9.06. The first kappa shape index (κ1) is 12.7. The van der Waals surface area contributed by atoms with Crippen LogP contribution in [0.1, 0.15) is 25.3 Å². The van der Waals surface area contributed by atoms with E-state index in [0.29, 0.717) is 6.54 Å². The Kier molecular flexibility index (Phi) is 4.04. The molecule has 16 heavy (non-hydrogen) atoms. The van der Waals surface area contributed by atoms with Crippen molar-refractivity contribution < 1.29 is 13.2 Å². The number of anilines is 2. The van der Waals surface area contributed by atoms with Gasteiger partial charge in [0, 0.05) is 17.9 Å². The molecular formula is C11H15F3N2. The van der Waals surface area contributed by atoms with Crippen molar-refractivity contribution in [3.05, 3.63) is 23.8 Å². The lowest BCUT2D eigenvalue weighted by molar-refractivity contribution is -0.136. The van der Waals surface area contributed by atoms with Gasteiger partial charge in [0.25, 0.3) is 0 Å². The van der Waals surface area contributed by atoms with Crippen LogP contribution >= 0.6 is 0 Å². The summed E-state index contributed by atoms with van der Waals surface area (Å²) in [7, 11) is 0. The van der Waals surface area contributed by atoms with Crippen LogP contribution in [0.5, 0.6) is 0 Å². The maximum Gasteiger partial charge on any atom is 0.418 e. The van der Waals surface area contributed by atoms with Gasteiger partial charge in [-0.15, -0.1) is 0 Å². The third-order valence-electron chi connectivity index (χ3n) is 2.19. The number of nitrogen functional groups attached to an aromatic ring is 1. The zero-order valence-electron chi connectivity index (χ0n) is 9.06. The summed E-state index contributed by atoms with van der Waals surface area (Å²) in [4.78, 5) is 0. The molecule has 0 aliphatic heterocycles. The normalized spacial score (nSPS) is 11.5. The largest absolute Gasteiger partial charge is 0.418 e. The van der Waals surface area contributed by atoms with E-state index in [4.69, 9.17) is 5.73 Å². The molecule has 0 aliphatic carbocycles. The van der Waals surface area contributed by atoms with Gasteiger partial charge in [-0.1, -0.05) is 13.3 Å². The molecule has 0 fully saturated rings. The Hall–Kier alpha value is -1.39. The van der Waals surface area contributed by atoms with E-state index < -0.39 is 11.7 Å². The van der Waals surface area contributed by atoms with Gasteiger partial charge in [-0.2, -0.15) is 13.2 Å². The van der Waals surface area contributed by atoms with E-state index in [0.717, 1.165) is 18.9 Å². The minimum absolute atomic E-state index is 0.0927. The molecule has 0 aliphatic rings. The van der Waals surface area contributed by atoms with E-state index in [1.807, 2.05) is 6.92 Å². The predicted octanol–water partition coefficient (Wildman–Crippen LogP) is 3.50. The van der Waals surface area contributed by atoms with Crippen LogP contribution < -0.4 is 11.1 Å². The predicted molar refractivity (Wildman–Crippen MR) is 59.3 cm³/mol. The fourth-order valence-electron chi connectivity index (χ4n) is 1.35. The number of hydrogen-bond acceptors (Lipinski definition) is 2. The molecule has 0 spiro atoms. The summed E-state index contributed by atoms with van der Waals surface area (Å²) < 4.78 is 37.9. The van der Waals surface area contributed by atoms with Crippen molar-refractivity contribution in [1.82, 2.24) is 0 Å². The van der Waals surface area contributed by atoms with Crippen LogP contribution in [0.4, 0.5) is 24.5 Å². The van der Waals surface area contributed by atoms with E-state index in [2.05, 4.69) is 5.32 Å². The number of rotatable bonds is 4. The second-order valence-corrected chi connectivity index (χ2v) is 3.58. The summed E-state index contributed by atoms with van der Waals surface area (Å²) in [5, 5.41) is 2.77. The highest BCUT2D eigenvalue weighted by atomic mass is 19.4. The molecule has 0 amide bonds. The van der Waals surface area contributed by atoms with Crippen molar-refractivity contribution >= 4 is 11.4 Å². The fraction of sp³-hybridized carbons (Fsp3) is 0.455. The molecule has 2 nitrogen and oxygen atoms in total. The molecule has 0 heterocycles. The first-order valence-electron chi connectivity index (χ1n) is 5.15. The molecular weight excluding hydrogens is 217 g/mol. The highest BCUT2D eigenvalue weighted by Gasteiger charge is 2.33. The molecule has 1 aromatic carbocycles. The van der Waals surface area contributed by atoms with Crippen molar-refractivity contribution in [2.24, 2.45) is 0 Å². The van der Waals surface area contributed by atoms with Gasteiger partial charge in [-0.25, -0.2) is 0 Å². The molecule has 90 valence electrons. The van der Waals surface area contributed by atoms with Gasteiger partial charge in [0.05, 0.1) is 5.56 Å². The van der Waals surface area contributed by atoms with Gasteiger partial charge in [0.1, 0.15) is 0 Å². The van der Waals surface area contributed by atoms with Gasteiger partial charge in [-0.3, -0.25) is 0 Å². The van der Waals surface area contributed by atoms with Gasteiger partial charge in [0.15, 0.2) is 0 Å². The Morgan fingerprint density at radius 2 is 2.00 bits per heavy atom. The van der Waals surface area contributed by atoms with Crippen LogP contribution in [-0.2, 0) is 6.18 Å². The number of halogens is 3. The van der Waals surface area contributed by atoms with Crippen LogP contribution in [0.2, 0.25) is 0 Å². The molecule has 0 bridgehead atoms. The molecule has 0 atom stereocenters. The minimum Gasteiger partial charge on any atom is -0.399 e. The van der Waals surface area contributed by atoms with Crippen molar-refractivity contribution in [2.75, 3.05) is 17.6 Å². The summed E-state index contributed by atoms with van der Waals surface area (Å²) in [6.45, 7) is 2.51. The molecule has 0 radical (unpaired) electrons. The van der Waals surface area contributed by atoms with Crippen LogP contribution in [0.25, 0.3) is 0 Å².